The molecular weight excluding hydrogens is 222 g/mol. The van der Waals surface area contributed by atoms with Gasteiger partial charge in [0.05, 0.1) is 12.3 Å². The summed E-state index contributed by atoms with van der Waals surface area (Å²) < 4.78 is 5.30. The van der Waals surface area contributed by atoms with Crippen LogP contribution in [0, 0.1) is 0 Å². The van der Waals surface area contributed by atoms with E-state index in [1.165, 1.54) is 6.33 Å². The Kier molecular flexibility index (Phi) is 3.53. The molecule has 17 heavy (non-hydrogen) atoms. The molecule has 0 bridgehead atoms. The van der Waals surface area contributed by atoms with Crippen LogP contribution in [0.3, 0.4) is 0 Å². The van der Waals surface area contributed by atoms with Crippen molar-refractivity contribution in [1.29, 1.82) is 0 Å². The number of nitrogens with one attached hydrogen (secondary N) is 1. The fourth-order valence-electron chi connectivity index (χ4n) is 1.73. The smallest absolute Gasteiger partial charge is 0.325 e. The first kappa shape index (κ1) is 11.8. The molecule has 92 valence electrons. The van der Waals surface area contributed by atoms with Crippen molar-refractivity contribution in [3.63, 3.8) is 0 Å². The number of rotatable bonds is 4. The van der Waals surface area contributed by atoms with Crippen molar-refractivity contribution in [1.82, 2.24) is 9.97 Å². The number of nitrogens with zero attached hydrogens (tertiary/aromatic N) is 2. The van der Waals surface area contributed by atoms with Crippen molar-refractivity contribution in [2.75, 3.05) is 18.5 Å². The van der Waals surface area contributed by atoms with Crippen LogP contribution in [0.25, 0.3) is 0 Å². The summed E-state index contributed by atoms with van der Waals surface area (Å²) in [5.41, 5.74) is 0.901. The zero-order valence-corrected chi connectivity index (χ0v) is 9.59. The summed E-state index contributed by atoms with van der Waals surface area (Å²) in [5.74, 6) is -0.0788. The molecule has 2 N–H and O–H groups in total. The molecule has 1 aliphatic rings. The first-order chi connectivity index (χ1) is 8.16. The highest BCUT2D eigenvalue weighted by Crippen LogP contribution is 2.24. The van der Waals surface area contributed by atoms with Gasteiger partial charge in [0.1, 0.15) is 18.2 Å². The molecule has 0 saturated carbocycles. The lowest BCUT2D eigenvalue weighted by Crippen LogP contribution is -2.26. The Bertz CT molecular complexity index is 405. The number of aliphatic carboxylic acids is 1. The standard InChI is InChI=1S/C11H15N3O3/c1-7(11(15)16)14-10-4-9(12-6-13-10)8-2-3-17-5-8/h4,6-8H,2-3,5H2,1H3,(H,15,16)(H,12,13,14). The molecule has 1 fully saturated rings. The molecule has 1 aliphatic heterocycles. The second-order valence-corrected chi connectivity index (χ2v) is 4.09. The van der Waals surface area contributed by atoms with Crippen LogP contribution in [0.1, 0.15) is 25.0 Å². The number of carboxylic acid groups (broad SMARTS) is 1. The second kappa shape index (κ2) is 5.09. The summed E-state index contributed by atoms with van der Waals surface area (Å²) in [7, 11) is 0. The molecule has 2 rings (SSSR count). The van der Waals surface area contributed by atoms with Gasteiger partial charge in [-0.15, -0.1) is 0 Å². The molecular formula is C11H15N3O3. The van der Waals surface area contributed by atoms with Gasteiger partial charge < -0.3 is 15.2 Å². The highest BCUT2D eigenvalue weighted by molar-refractivity contribution is 5.76. The van der Waals surface area contributed by atoms with Crippen LogP contribution >= 0.6 is 0 Å². The molecule has 0 radical (unpaired) electrons. The van der Waals surface area contributed by atoms with E-state index in [0.717, 1.165) is 18.7 Å². The highest BCUT2D eigenvalue weighted by atomic mass is 16.5. The van der Waals surface area contributed by atoms with Crippen LogP contribution in [0.2, 0.25) is 0 Å². The van der Waals surface area contributed by atoms with E-state index >= 15 is 0 Å². The Morgan fingerprint density at radius 2 is 2.47 bits per heavy atom. The molecule has 0 aliphatic carbocycles. The van der Waals surface area contributed by atoms with Crippen LogP contribution in [-0.2, 0) is 9.53 Å². The number of hydrogen-bond donors (Lipinski definition) is 2. The fourth-order valence-corrected chi connectivity index (χ4v) is 1.73. The Labute approximate surface area is 99.0 Å². The molecule has 0 aromatic carbocycles. The average Bonchev–Trinajstić information content (AvgIpc) is 2.82. The van der Waals surface area contributed by atoms with Gasteiger partial charge in [0.15, 0.2) is 0 Å². The molecule has 0 spiro atoms. The number of carbonyl (C=O) groups is 1. The predicted molar refractivity (Wildman–Crippen MR) is 60.9 cm³/mol. The van der Waals surface area contributed by atoms with Crippen LogP contribution in [-0.4, -0.2) is 40.3 Å². The summed E-state index contributed by atoms with van der Waals surface area (Å²) in [6.07, 6.45) is 2.40. The van der Waals surface area contributed by atoms with Crippen molar-refractivity contribution < 1.29 is 14.6 Å². The average molecular weight is 237 g/mol. The minimum absolute atomic E-state index is 0.290. The quantitative estimate of drug-likeness (QED) is 0.808. The third-order valence-corrected chi connectivity index (χ3v) is 2.77. The van der Waals surface area contributed by atoms with Crippen LogP contribution in [0.15, 0.2) is 12.4 Å². The van der Waals surface area contributed by atoms with Crippen molar-refractivity contribution in [3.8, 4) is 0 Å². The molecule has 2 unspecified atom stereocenters. The van der Waals surface area contributed by atoms with Gasteiger partial charge in [-0.2, -0.15) is 0 Å². The Morgan fingerprint density at radius 1 is 1.65 bits per heavy atom. The second-order valence-electron chi connectivity index (χ2n) is 4.09. The lowest BCUT2D eigenvalue weighted by atomic mass is 10.1. The predicted octanol–water partition coefficient (Wildman–Crippen LogP) is 0.865. The minimum atomic E-state index is -0.908. The van der Waals surface area contributed by atoms with Gasteiger partial charge in [0, 0.05) is 18.6 Å². The molecule has 2 heterocycles. The largest absolute Gasteiger partial charge is 0.480 e. The minimum Gasteiger partial charge on any atom is -0.480 e. The van der Waals surface area contributed by atoms with Gasteiger partial charge in [0.25, 0.3) is 0 Å². The Morgan fingerprint density at radius 3 is 3.12 bits per heavy atom. The summed E-state index contributed by atoms with van der Waals surface area (Å²) >= 11 is 0. The van der Waals surface area contributed by atoms with E-state index in [0.29, 0.717) is 18.3 Å². The summed E-state index contributed by atoms with van der Waals surface area (Å²) in [6.45, 7) is 3.00. The zero-order valence-electron chi connectivity index (χ0n) is 9.59. The van der Waals surface area contributed by atoms with Crippen molar-refractivity contribution in [2.45, 2.75) is 25.3 Å². The first-order valence-electron chi connectivity index (χ1n) is 5.56. The molecule has 1 aromatic heterocycles. The van der Waals surface area contributed by atoms with Crippen LogP contribution in [0.4, 0.5) is 5.82 Å². The zero-order chi connectivity index (χ0) is 12.3. The summed E-state index contributed by atoms with van der Waals surface area (Å²) in [4.78, 5) is 18.9. The lowest BCUT2D eigenvalue weighted by molar-refractivity contribution is -0.137. The maximum Gasteiger partial charge on any atom is 0.325 e. The first-order valence-corrected chi connectivity index (χ1v) is 5.56. The molecule has 2 atom stereocenters. The number of ether oxygens (including phenoxy) is 1. The topological polar surface area (TPSA) is 84.3 Å². The van der Waals surface area contributed by atoms with Gasteiger partial charge in [-0.3, -0.25) is 4.79 Å². The van der Waals surface area contributed by atoms with Crippen molar-refractivity contribution in [3.05, 3.63) is 18.1 Å². The molecule has 0 amide bonds. The van der Waals surface area contributed by atoms with Gasteiger partial charge >= 0.3 is 5.97 Å². The number of carboxylic acids is 1. The van der Waals surface area contributed by atoms with Crippen molar-refractivity contribution in [2.24, 2.45) is 0 Å². The molecule has 6 nitrogen and oxygen atoms in total. The number of hydrogen-bond acceptors (Lipinski definition) is 5. The SMILES string of the molecule is CC(Nc1cc(C2CCOC2)ncn1)C(=O)O. The van der Waals surface area contributed by atoms with Gasteiger partial charge in [0.2, 0.25) is 0 Å². The van der Waals surface area contributed by atoms with E-state index < -0.39 is 12.0 Å². The number of anilines is 1. The van der Waals surface area contributed by atoms with Crippen LogP contribution < -0.4 is 5.32 Å². The molecule has 1 aromatic rings. The third kappa shape index (κ3) is 2.91. The van der Waals surface area contributed by atoms with E-state index in [1.54, 1.807) is 13.0 Å². The lowest BCUT2D eigenvalue weighted by Gasteiger charge is -2.12. The fraction of sp³-hybridized carbons (Fsp3) is 0.545. The van der Waals surface area contributed by atoms with E-state index in [4.69, 9.17) is 9.84 Å². The molecule has 6 heteroatoms. The molecule has 1 saturated heterocycles. The van der Waals surface area contributed by atoms with Gasteiger partial charge in [-0.05, 0) is 13.3 Å². The Balaban J connectivity index is 2.08. The van der Waals surface area contributed by atoms with E-state index in [2.05, 4.69) is 15.3 Å². The Hall–Kier alpha value is -1.69. The normalized spacial score (nSPS) is 21.1. The third-order valence-electron chi connectivity index (χ3n) is 2.77. The maximum absolute atomic E-state index is 10.7. The monoisotopic (exact) mass is 237 g/mol. The van der Waals surface area contributed by atoms with E-state index in [1.807, 2.05) is 0 Å². The van der Waals surface area contributed by atoms with Crippen molar-refractivity contribution >= 4 is 11.8 Å². The van der Waals surface area contributed by atoms with Crippen LogP contribution in [0.5, 0.6) is 0 Å². The number of aromatic nitrogens is 2. The van der Waals surface area contributed by atoms with Gasteiger partial charge in [-0.1, -0.05) is 0 Å². The summed E-state index contributed by atoms with van der Waals surface area (Å²) in [6, 6.07) is 1.12. The van der Waals surface area contributed by atoms with E-state index in [-0.39, 0.29) is 0 Å². The highest BCUT2D eigenvalue weighted by Gasteiger charge is 2.20. The summed E-state index contributed by atoms with van der Waals surface area (Å²) in [5, 5.41) is 11.6. The van der Waals surface area contributed by atoms with Gasteiger partial charge in [-0.25, -0.2) is 9.97 Å². The maximum atomic E-state index is 10.7. The van der Waals surface area contributed by atoms with E-state index in [9.17, 15) is 4.79 Å².